The number of oxazole rings is 1. The first-order valence-electron chi connectivity index (χ1n) is 6.70. The highest BCUT2D eigenvalue weighted by atomic mass is 35.5. The first kappa shape index (κ1) is 15.4. The van der Waals surface area contributed by atoms with Crippen molar-refractivity contribution in [1.29, 1.82) is 0 Å². The van der Waals surface area contributed by atoms with Crippen LogP contribution in [-0.2, 0) is 6.42 Å². The molecule has 0 bridgehead atoms. The fourth-order valence-electron chi connectivity index (χ4n) is 1.90. The van der Waals surface area contributed by atoms with E-state index in [9.17, 15) is 0 Å². The Morgan fingerprint density at radius 2 is 1.95 bits per heavy atom. The van der Waals surface area contributed by atoms with Crippen LogP contribution in [0.5, 0.6) is 0 Å². The topological polar surface area (TPSA) is 38.1 Å². The highest BCUT2D eigenvalue weighted by Gasteiger charge is 2.13. The Hall–Kier alpha value is -1.03. The smallest absolute Gasteiger partial charge is 0.194 e. The minimum atomic E-state index is 0.497. The van der Waals surface area contributed by atoms with Crippen molar-refractivity contribution >= 4 is 23.2 Å². The van der Waals surface area contributed by atoms with Crippen LogP contribution in [0.15, 0.2) is 28.8 Å². The Balaban J connectivity index is 2.02. The van der Waals surface area contributed by atoms with Gasteiger partial charge in [0, 0.05) is 12.5 Å². The van der Waals surface area contributed by atoms with Crippen LogP contribution < -0.4 is 5.32 Å². The Kier molecular flexibility index (Phi) is 5.46. The van der Waals surface area contributed by atoms with Crippen molar-refractivity contribution in [2.24, 2.45) is 0 Å². The number of hydrogen-bond acceptors (Lipinski definition) is 3. The summed E-state index contributed by atoms with van der Waals surface area (Å²) in [5, 5.41) is 4.50. The second kappa shape index (κ2) is 7.11. The summed E-state index contributed by atoms with van der Waals surface area (Å²) in [7, 11) is 0. The molecule has 0 spiro atoms. The van der Waals surface area contributed by atoms with Gasteiger partial charge in [0.1, 0.15) is 0 Å². The fraction of sp³-hybridized carbons (Fsp3) is 0.400. The second-order valence-corrected chi connectivity index (χ2v) is 5.74. The number of aromatic nitrogens is 1. The second-order valence-electron chi connectivity index (χ2n) is 4.93. The molecule has 1 aromatic heterocycles. The van der Waals surface area contributed by atoms with Crippen molar-refractivity contribution in [3.05, 3.63) is 40.3 Å². The van der Waals surface area contributed by atoms with E-state index in [1.807, 2.05) is 6.07 Å². The lowest BCUT2D eigenvalue weighted by atomic mass is 10.2. The lowest BCUT2D eigenvalue weighted by Gasteiger charge is -2.06. The molecular formula is C15H18Cl2N2O. The molecule has 3 nitrogen and oxygen atoms in total. The number of benzene rings is 1. The molecule has 0 aliphatic carbocycles. The molecular weight excluding hydrogens is 295 g/mol. The van der Waals surface area contributed by atoms with Crippen molar-refractivity contribution in [2.45, 2.75) is 32.7 Å². The minimum Gasteiger partial charge on any atom is -0.441 e. The summed E-state index contributed by atoms with van der Waals surface area (Å²) >= 11 is 12.3. The number of aryl methyl sites for hydroxylation is 1. The van der Waals surface area contributed by atoms with Crippen LogP contribution in [0.25, 0.3) is 11.3 Å². The van der Waals surface area contributed by atoms with Gasteiger partial charge in [-0.05, 0) is 25.1 Å². The molecule has 0 aliphatic heterocycles. The summed E-state index contributed by atoms with van der Waals surface area (Å²) in [6.07, 6.45) is 3.45. The molecule has 0 fully saturated rings. The Morgan fingerprint density at radius 1 is 1.25 bits per heavy atom. The van der Waals surface area contributed by atoms with Crippen LogP contribution in [0.1, 0.15) is 26.2 Å². The van der Waals surface area contributed by atoms with Crippen molar-refractivity contribution in [3.8, 4) is 11.3 Å². The molecule has 0 aliphatic rings. The molecule has 1 heterocycles. The van der Waals surface area contributed by atoms with Crippen LogP contribution in [-0.4, -0.2) is 17.6 Å². The number of nitrogens with zero attached hydrogens (tertiary/aromatic N) is 1. The van der Waals surface area contributed by atoms with Crippen molar-refractivity contribution in [1.82, 2.24) is 10.3 Å². The van der Waals surface area contributed by atoms with Gasteiger partial charge in [-0.15, -0.1) is 0 Å². The zero-order chi connectivity index (χ0) is 14.5. The van der Waals surface area contributed by atoms with E-state index in [2.05, 4.69) is 24.1 Å². The molecule has 1 N–H and O–H groups in total. The van der Waals surface area contributed by atoms with E-state index >= 15 is 0 Å². The molecule has 20 heavy (non-hydrogen) atoms. The van der Waals surface area contributed by atoms with Crippen molar-refractivity contribution in [2.75, 3.05) is 6.54 Å². The van der Waals surface area contributed by atoms with E-state index in [0.29, 0.717) is 33.3 Å². The van der Waals surface area contributed by atoms with Gasteiger partial charge in [-0.1, -0.05) is 43.1 Å². The van der Waals surface area contributed by atoms with Crippen LogP contribution in [0.3, 0.4) is 0 Å². The quantitative estimate of drug-likeness (QED) is 0.793. The standard InChI is InChI=1S/C15H18Cl2N2O/c1-10(2)18-8-4-7-14-19-9-13(20-14)15-11(16)5-3-6-12(15)17/h3,5-6,9-10,18H,4,7-8H2,1-2H3. The number of halogens is 2. The number of hydrogen-bond donors (Lipinski definition) is 1. The highest BCUT2D eigenvalue weighted by molar-refractivity contribution is 6.39. The maximum Gasteiger partial charge on any atom is 0.194 e. The van der Waals surface area contributed by atoms with Gasteiger partial charge >= 0.3 is 0 Å². The summed E-state index contributed by atoms with van der Waals surface area (Å²) in [5.74, 6) is 1.33. The predicted octanol–water partition coefficient (Wildman–Crippen LogP) is 4.58. The third-order valence-corrected chi connectivity index (χ3v) is 3.51. The third-order valence-electron chi connectivity index (χ3n) is 2.88. The van der Waals surface area contributed by atoms with E-state index in [1.54, 1.807) is 18.3 Å². The lowest BCUT2D eigenvalue weighted by Crippen LogP contribution is -2.23. The van der Waals surface area contributed by atoms with E-state index < -0.39 is 0 Å². The number of rotatable bonds is 6. The fourth-order valence-corrected chi connectivity index (χ4v) is 2.49. The van der Waals surface area contributed by atoms with Crippen LogP contribution in [0.4, 0.5) is 0 Å². The minimum absolute atomic E-state index is 0.497. The first-order valence-corrected chi connectivity index (χ1v) is 7.46. The highest BCUT2D eigenvalue weighted by Crippen LogP contribution is 2.34. The summed E-state index contributed by atoms with van der Waals surface area (Å²) in [6.45, 7) is 5.20. The van der Waals surface area contributed by atoms with Crippen LogP contribution in [0, 0.1) is 0 Å². The zero-order valence-electron chi connectivity index (χ0n) is 11.6. The Labute approximate surface area is 129 Å². The molecule has 108 valence electrons. The van der Waals surface area contributed by atoms with Gasteiger partial charge in [0.05, 0.1) is 21.8 Å². The van der Waals surface area contributed by atoms with E-state index in [4.69, 9.17) is 27.6 Å². The molecule has 0 saturated heterocycles. The molecule has 0 unspecified atom stereocenters. The maximum atomic E-state index is 6.15. The molecule has 2 rings (SSSR count). The monoisotopic (exact) mass is 312 g/mol. The summed E-state index contributed by atoms with van der Waals surface area (Å²) < 4.78 is 5.73. The van der Waals surface area contributed by atoms with Crippen molar-refractivity contribution < 1.29 is 4.42 Å². The SMILES string of the molecule is CC(C)NCCCc1ncc(-c2c(Cl)cccc2Cl)o1. The molecule has 0 atom stereocenters. The number of nitrogens with one attached hydrogen (secondary N) is 1. The largest absolute Gasteiger partial charge is 0.441 e. The average Bonchev–Trinajstić information content (AvgIpc) is 2.83. The van der Waals surface area contributed by atoms with Gasteiger partial charge in [0.15, 0.2) is 11.7 Å². The maximum absolute atomic E-state index is 6.15. The predicted molar refractivity (Wildman–Crippen MR) is 83.4 cm³/mol. The normalized spacial score (nSPS) is 11.2. The Morgan fingerprint density at radius 3 is 2.60 bits per heavy atom. The third kappa shape index (κ3) is 3.98. The van der Waals surface area contributed by atoms with E-state index in [-0.39, 0.29) is 0 Å². The van der Waals surface area contributed by atoms with Gasteiger partial charge < -0.3 is 9.73 Å². The van der Waals surface area contributed by atoms with Gasteiger partial charge in [0.25, 0.3) is 0 Å². The molecule has 0 radical (unpaired) electrons. The average molecular weight is 313 g/mol. The molecule has 5 heteroatoms. The summed E-state index contributed by atoms with van der Waals surface area (Å²) in [5.41, 5.74) is 0.704. The first-order chi connectivity index (χ1) is 9.58. The molecule has 1 aromatic carbocycles. The summed E-state index contributed by atoms with van der Waals surface area (Å²) in [4.78, 5) is 4.28. The van der Waals surface area contributed by atoms with Crippen LogP contribution in [0.2, 0.25) is 10.0 Å². The van der Waals surface area contributed by atoms with E-state index in [1.165, 1.54) is 0 Å². The molecule has 0 amide bonds. The zero-order valence-corrected chi connectivity index (χ0v) is 13.1. The van der Waals surface area contributed by atoms with E-state index in [0.717, 1.165) is 19.4 Å². The Bertz CT molecular complexity index is 547. The van der Waals surface area contributed by atoms with Crippen molar-refractivity contribution in [3.63, 3.8) is 0 Å². The van der Waals surface area contributed by atoms with Crippen LogP contribution >= 0.6 is 23.2 Å². The van der Waals surface area contributed by atoms with Gasteiger partial charge in [-0.25, -0.2) is 4.98 Å². The molecule has 0 saturated carbocycles. The van der Waals surface area contributed by atoms with Gasteiger partial charge in [-0.3, -0.25) is 0 Å². The summed E-state index contributed by atoms with van der Waals surface area (Å²) in [6, 6.07) is 5.88. The van der Waals surface area contributed by atoms with Gasteiger partial charge in [0.2, 0.25) is 0 Å². The molecule has 2 aromatic rings. The van der Waals surface area contributed by atoms with Gasteiger partial charge in [-0.2, -0.15) is 0 Å². The lowest BCUT2D eigenvalue weighted by molar-refractivity contribution is 0.484.